The Morgan fingerprint density at radius 1 is 1.29 bits per heavy atom. The molecule has 0 saturated heterocycles. The number of aromatic nitrogens is 3. The number of hydrogen-bond donors (Lipinski definition) is 2. The lowest BCUT2D eigenvalue weighted by Crippen LogP contribution is -2.30. The highest BCUT2D eigenvalue weighted by atomic mass is 15.2. The summed E-state index contributed by atoms with van der Waals surface area (Å²) in [4.78, 5) is 4.10. The van der Waals surface area contributed by atoms with E-state index in [1.54, 1.807) is 0 Å². The summed E-state index contributed by atoms with van der Waals surface area (Å²) in [5, 5.41) is 10.2. The summed E-state index contributed by atoms with van der Waals surface area (Å²) in [6.45, 7) is 2.94. The summed E-state index contributed by atoms with van der Waals surface area (Å²) in [7, 11) is 0. The van der Waals surface area contributed by atoms with Gasteiger partial charge in [-0.3, -0.25) is 5.10 Å². The van der Waals surface area contributed by atoms with E-state index in [-0.39, 0.29) is 0 Å². The summed E-state index contributed by atoms with van der Waals surface area (Å²) in [5.41, 5.74) is 1.37. The summed E-state index contributed by atoms with van der Waals surface area (Å²) in [6.07, 6.45) is 3.68. The third kappa shape index (κ3) is 3.67. The minimum Gasteiger partial charge on any atom is -0.307 e. The molecule has 1 heterocycles. The van der Waals surface area contributed by atoms with Crippen LogP contribution < -0.4 is 5.32 Å². The van der Waals surface area contributed by atoms with Gasteiger partial charge in [-0.15, -0.1) is 0 Å². The molecule has 1 atom stereocenters. The molecule has 0 saturated carbocycles. The lowest BCUT2D eigenvalue weighted by Gasteiger charge is -2.16. The van der Waals surface area contributed by atoms with Crippen molar-refractivity contribution in [3.63, 3.8) is 0 Å². The summed E-state index contributed by atoms with van der Waals surface area (Å²) in [6, 6.07) is 11.0. The molecule has 0 fully saturated rings. The highest BCUT2D eigenvalue weighted by Crippen LogP contribution is 2.05. The second-order valence-corrected chi connectivity index (χ2v) is 4.11. The Morgan fingerprint density at radius 2 is 2.12 bits per heavy atom. The van der Waals surface area contributed by atoms with Gasteiger partial charge in [0.05, 0.1) is 6.54 Å². The third-order valence-corrected chi connectivity index (χ3v) is 2.84. The predicted octanol–water partition coefficient (Wildman–Crippen LogP) is 1.92. The number of rotatable bonds is 6. The largest absolute Gasteiger partial charge is 0.307 e. The molecule has 0 spiro atoms. The van der Waals surface area contributed by atoms with Crippen LogP contribution in [0.25, 0.3) is 0 Å². The Morgan fingerprint density at radius 3 is 2.76 bits per heavy atom. The van der Waals surface area contributed by atoms with E-state index >= 15 is 0 Å². The van der Waals surface area contributed by atoms with Gasteiger partial charge < -0.3 is 5.32 Å². The maximum absolute atomic E-state index is 4.10. The van der Waals surface area contributed by atoms with E-state index in [1.807, 2.05) is 6.07 Å². The van der Waals surface area contributed by atoms with Crippen molar-refractivity contribution in [2.45, 2.75) is 32.4 Å². The van der Waals surface area contributed by atoms with Crippen molar-refractivity contribution in [2.24, 2.45) is 0 Å². The molecule has 0 aliphatic carbocycles. The van der Waals surface area contributed by atoms with Crippen molar-refractivity contribution < 1.29 is 0 Å². The SMILES string of the molecule is CCC(Cc1ccccc1)NCc1ncn[nH]1. The van der Waals surface area contributed by atoms with E-state index in [2.05, 4.69) is 51.7 Å². The summed E-state index contributed by atoms with van der Waals surface area (Å²) < 4.78 is 0. The van der Waals surface area contributed by atoms with Crippen LogP contribution in [0.15, 0.2) is 36.7 Å². The molecule has 17 heavy (non-hydrogen) atoms. The van der Waals surface area contributed by atoms with Gasteiger partial charge in [0, 0.05) is 6.04 Å². The van der Waals surface area contributed by atoms with E-state index in [4.69, 9.17) is 0 Å². The highest BCUT2D eigenvalue weighted by Gasteiger charge is 2.07. The van der Waals surface area contributed by atoms with Crippen LogP contribution in [0.3, 0.4) is 0 Å². The Bertz CT molecular complexity index is 410. The molecule has 4 nitrogen and oxygen atoms in total. The lowest BCUT2D eigenvalue weighted by molar-refractivity contribution is 0.486. The van der Waals surface area contributed by atoms with E-state index in [0.29, 0.717) is 6.04 Å². The van der Waals surface area contributed by atoms with E-state index in [9.17, 15) is 0 Å². The first kappa shape index (κ1) is 11.8. The standard InChI is InChI=1S/C13H18N4/c1-2-12(8-11-6-4-3-5-7-11)14-9-13-15-10-16-17-13/h3-7,10,12,14H,2,8-9H2,1H3,(H,15,16,17). The third-order valence-electron chi connectivity index (χ3n) is 2.84. The van der Waals surface area contributed by atoms with Gasteiger partial charge in [-0.25, -0.2) is 4.98 Å². The molecule has 1 unspecified atom stereocenters. The van der Waals surface area contributed by atoms with Gasteiger partial charge >= 0.3 is 0 Å². The van der Waals surface area contributed by atoms with E-state index < -0.39 is 0 Å². The fraction of sp³-hybridized carbons (Fsp3) is 0.385. The molecule has 1 aromatic carbocycles. The van der Waals surface area contributed by atoms with Crippen LogP contribution in [0, 0.1) is 0 Å². The maximum Gasteiger partial charge on any atom is 0.138 e. The number of benzene rings is 1. The van der Waals surface area contributed by atoms with Gasteiger partial charge in [0.25, 0.3) is 0 Å². The van der Waals surface area contributed by atoms with E-state index in [0.717, 1.165) is 25.2 Å². The molecule has 90 valence electrons. The molecule has 2 aromatic rings. The number of nitrogens with one attached hydrogen (secondary N) is 2. The average Bonchev–Trinajstić information content (AvgIpc) is 2.89. The van der Waals surface area contributed by atoms with Crippen molar-refractivity contribution in [3.05, 3.63) is 48.0 Å². The molecule has 2 N–H and O–H groups in total. The first-order valence-corrected chi connectivity index (χ1v) is 6.00. The minimum absolute atomic E-state index is 0.475. The Kier molecular flexibility index (Phi) is 4.27. The Hall–Kier alpha value is -1.68. The first-order chi connectivity index (χ1) is 8.38. The van der Waals surface area contributed by atoms with Crippen LogP contribution >= 0.6 is 0 Å². The molecular weight excluding hydrogens is 212 g/mol. The van der Waals surface area contributed by atoms with E-state index in [1.165, 1.54) is 11.9 Å². The maximum atomic E-state index is 4.10. The van der Waals surface area contributed by atoms with Crippen LogP contribution in [-0.4, -0.2) is 21.2 Å². The van der Waals surface area contributed by atoms with Gasteiger partial charge in [0.2, 0.25) is 0 Å². The van der Waals surface area contributed by atoms with Crippen LogP contribution in [0.2, 0.25) is 0 Å². The Balaban J connectivity index is 1.85. The van der Waals surface area contributed by atoms with Gasteiger partial charge in [0.15, 0.2) is 0 Å². The van der Waals surface area contributed by atoms with Crippen LogP contribution in [-0.2, 0) is 13.0 Å². The number of aromatic amines is 1. The fourth-order valence-electron chi connectivity index (χ4n) is 1.82. The summed E-state index contributed by atoms with van der Waals surface area (Å²) in [5.74, 6) is 0.886. The van der Waals surface area contributed by atoms with Crippen LogP contribution in [0.4, 0.5) is 0 Å². The summed E-state index contributed by atoms with van der Waals surface area (Å²) >= 11 is 0. The smallest absolute Gasteiger partial charge is 0.138 e. The van der Waals surface area contributed by atoms with Crippen LogP contribution in [0.1, 0.15) is 24.7 Å². The number of hydrogen-bond acceptors (Lipinski definition) is 3. The van der Waals surface area contributed by atoms with Crippen molar-refractivity contribution in [1.29, 1.82) is 0 Å². The van der Waals surface area contributed by atoms with Crippen molar-refractivity contribution in [2.75, 3.05) is 0 Å². The highest BCUT2D eigenvalue weighted by molar-refractivity contribution is 5.15. The first-order valence-electron chi connectivity index (χ1n) is 6.00. The molecule has 0 aliphatic heterocycles. The van der Waals surface area contributed by atoms with Gasteiger partial charge in [-0.2, -0.15) is 5.10 Å². The quantitative estimate of drug-likeness (QED) is 0.797. The second kappa shape index (κ2) is 6.15. The van der Waals surface area contributed by atoms with Crippen molar-refractivity contribution >= 4 is 0 Å². The molecular formula is C13H18N4. The lowest BCUT2D eigenvalue weighted by atomic mass is 10.0. The van der Waals surface area contributed by atoms with Gasteiger partial charge in [0.1, 0.15) is 12.2 Å². The van der Waals surface area contributed by atoms with Crippen molar-refractivity contribution in [3.8, 4) is 0 Å². The molecule has 2 rings (SSSR count). The zero-order chi connectivity index (χ0) is 11.9. The minimum atomic E-state index is 0.475. The molecule has 0 bridgehead atoms. The normalized spacial score (nSPS) is 12.5. The monoisotopic (exact) mass is 230 g/mol. The zero-order valence-electron chi connectivity index (χ0n) is 10.1. The molecule has 0 radical (unpaired) electrons. The molecule has 4 heteroatoms. The van der Waals surface area contributed by atoms with Crippen molar-refractivity contribution in [1.82, 2.24) is 20.5 Å². The van der Waals surface area contributed by atoms with Gasteiger partial charge in [-0.05, 0) is 18.4 Å². The Labute approximate surface area is 101 Å². The van der Waals surface area contributed by atoms with Crippen LogP contribution in [0.5, 0.6) is 0 Å². The number of H-pyrrole nitrogens is 1. The number of nitrogens with zero attached hydrogens (tertiary/aromatic N) is 2. The zero-order valence-corrected chi connectivity index (χ0v) is 10.1. The average molecular weight is 230 g/mol. The predicted molar refractivity (Wildman–Crippen MR) is 67.4 cm³/mol. The fourth-order valence-corrected chi connectivity index (χ4v) is 1.82. The van der Waals surface area contributed by atoms with Gasteiger partial charge in [-0.1, -0.05) is 37.3 Å². The second-order valence-electron chi connectivity index (χ2n) is 4.11. The molecule has 0 aliphatic rings. The molecule has 0 amide bonds. The molecule has 1 aromatic heterocycles. The topological polar surface area (TPSA) is 53.6 Å².